The average molecular weight is 1000 g/mol. The van der Waals surface area contributed by atoms with Gasteiger partial charge in [0.05, 0.1) is 38.0 Å². The highest BCUT2D eigenvalue weighted by Crippen LogP contribution is 2.21. The molecule has 26 nitrogen and oxygen atoms in total. The van der Waals surface area contributed by atoms with Gasteiger partial charge in [-0.15, -0.1) is 0 Å². The Morgan fingerprint density at radius 3 is 1.68 bits per heavy atom. The van der Waals surface area contributed by atoms with Crippen LogP contribution < -0.4 is 48.7 Å². The van der Waals surface area contributed by atoms with E-state index in [9.17, 15) is 73.5 Å². The third-order valence-electron chi connectivity index (χ3n) is 11.6. The van der Waals surface area contributed by atoms with E-state index < -0.39 is 151 Å². The Bertz CT molecular complexity index is 1790. The summed E-state index contributed by atoms with van der Waals surface area (Å²) < 4.78 is 0. The first-order valence-electron chi connectivity index (χ1n) is 23.0. The lowest BCUT2D eigenvalue weighted by atomic mass is 10.0. The molecule has 27 heteroatoms. The van der Waals surface area contributed by atoms with Crippen molar-refractivity contribution in [2.45, 2.75) is 146 Å². The first-order valence-corrected chi connectivity index (χ1v) is 24.4. The van der Waals surface area contributed by atoms with Gasteiger partial charge in [-0.25, -0.2) is 4.79 Å². The molecule has 2 heterocycles. The predicted octanol–water partition coefficient (Wildman–Crippen LogP) is -6.31. The lowest BCUT2D eigenvalue weighted by Crippen LogP contribution is -2.63. The van der Waals surface area contributed by atoms with Crippen molar-refractivity contribution < 1.29 is 73.5 Å². The molecule has 2 rings (SSSR count). The molecular weight excluding hydrogens is 931 g/mol. The van der Waals surface area contributed by atoms with E-state index >= 15 is 0 Å². The molecule has 69 heavy (non-hydrogen) atoms. The number of likely N-dealkylation sites (tertiary alicyclic amines) is 2. The van der Waals surface area contributed by atoms with Crippen LogP contribution >= 0.6 is 11.8 Å². The molecule has 0 unspecified atom stereocenters. The zero-order chi connectivity index (χ0) is 52.1. The minimum atomic E-state index is -1.74. The quantitative estimate of drug-likeness (QED) is 0.0310. The smallest absolute Gasteiger partial charge is 0.326 e. The van der Waals surface area contributed by atoms with Gasteiger partial charge in [-0.05, 0) is 83.3 Å². The molecule has 0 saturated carbocycles. The van der Waals surface area contributed by atoms with Crippen LogP contribution in [0, 0.1) is 5.92 Å². The summed E-state index contributed by atoms with van der Waals surface area (Å²) in [6.07, 6.45) is 1.24. The molecule has 2 aliphatic rings. The highest BCUT2D eigenvalue weighted by molar-refractivity contribution is 7.98. The van der Waals surface area contributed by atoms with Crippen LogP contribution in [0.25, 0.3) is 0 Å². The Labute approximate surface area is 404 Å². The molecule has 0 aromatic carbocycles. The van der Waals surface area contributed by atoms with Crippen molar-refractivity contribution in [3.63, 3.8) is 0 Å². The average Bonchev–Trinajstić information content (AvgIpc) is 4.01. The number of carboxylic acid groups (broad SMARTS) is 1. The normalized spacial score (nSPS) is 19.7. The Kier molecular flexibility index (Phi) is 25.8. The molecular formula is C42H73N11O15S. The first-order chi connectivity index (χ1) is 32.5. The van der Waals surface area contributed by atoms with Gasteiger partial charge in [0.15, 0.2) is 0 Å². The largest absolute Gasteiger partial charge is 0.480 e. The zero-order valence-corrected chi connectivity index (χ0v) is 40.6. The van der Waals surface area contributed by atoms with Gasteiger partial charge < -0.3 is 84.0 Å². The van der Waals surface area contributed by atoms with Gasteiger partial charge in [-0.2, -0.15) is 11.8 Å². The van der Waals surface area contributed by atoms with E-state index in [4.69, 9.17) is 11.5 Å². The first kappa shape index (κ1) is 59.9. The van der Waals surface area contributed by atoms with E-state index in [2.05, 4.69) is 37.2 Å². The summed E-state index contributed by atoms with van der Waals surface area (Å²) in [5.74, 6) is -9.40. The SMILES string of the molecule is CSCC[C@H](NC(=O)[C@@H](NC(=O)[C@H](CO)NC(=O)[C@H](CO)NC(=O)[C@@H]1CCCN1C(=O)[C@@H](NC(=O)[C@@H](NC(=O)[C@@H]1CCCN1C(=O)CNC(=O)[C@@H](N)CCCCN)[C@@H](C)O)[C@@H](C)O)C(C)C)C(=O)O. The van der Waals surface area contributed by atoms with Crippen LogP contribution in [-0.4, -0.2) is 212 Å². The highest BCUT2D eigenvalue weighted by atomic mass is 32.2. The lowest BCUT2D eigenvalue weighted by molar-refractivity contribution is -0.145. The number of hydrogen-bond donors (Lipinski definition) is 14. The van der Waals surface area contributed by atoms with E-state index in [1.807, 2.05) is 0 Å². The van der Waals surface area contributed by atoms with E-state index in [0.29, 0.717) is 38.0 Å². The minimum Gasteiger partial charge on any atom is -0.480 e. The molecule has 2 saturated heterocycles. The number of unbranched alkanes of at least 4 members (excludes halogenated alkanes) is 1. The van der Waals surface area contributed by atoms with E-state index in [1.54, 1.807) is 20.1 Å². The Morgan fingerprint density at radius 1 is 0.638 bits per heavy atom. The van der Waals surface area contributed by atoms with E-state index in [1.165, 1.54) is 30.5 Å². The summed E-state index contributed by atoms with van der Waals surface area (Å²) in [5.41, 5.74) is 11.4. The standard InChI is InChI=1S/C42H73N11O15S/c1-21(2)31(39(64)46-25(42(67)68)13-17-69-5)49-36(61)27(20-55)47-35(60)26(19-54)48-37(62)29-12-9-16-53(29)41(66)33(23(4)57)51-40(65)32(22(3)56)50-38(63)28-11-8-15-52(28)30(58)18-45-34(59)24(44)10-6-7-14-43/h21-29,31-33,54-57H,6-20,43-44H2,1-5H3,(H,45,59)(H,46,64)(H,47,60)(H,48,62)(H,49,61)(H,50,63)(H,51,65)(H,67,68)/t22-,23-,24+,25+,26+,27+,28+,29+,31+,32+,33+/m1/s1. The zero-order valence-electron chi connectivity index (χ0n) is 39.8. The van der Waals surface area contributed by atoms with Crippen LogP contribution in [0.4, 0.5) is 0 Å². The number of aliphatic hydroxyl groups excluding tert-OH is 4. The second-order valence-corrected chi connectivity index (χ2v) is 18.4. The number of thioether (sulfide) groups is 1. The number of carboxylic acids is 1. The number of aliphatic hydroxyl groups is 4. The third kappa shape index (κ3) is 18.3. The second-order valence-electron chi connectivity index (χ2n) is 17.4. The Balaban J connectivity index is 2.11. The molecule has 2 fully saturated rings. The van der Waals surface area contributed by atoms with Gasteiger partial charge >= 0.3 is 5.97 Å². The maximum Gasteiger partial charge on any atom is 0.326 e. The topological polar surface area (TPSA) is 415 Å². The van der Waals surface area contributed by atoms with Crippen LogP contribution in [0.2, 0.25) is 0 Å². The van der Waals surface area contributed by atoms with Crippen molar-refractivity contribution in [2.24, 2.45) is 17.4 Å². The molecule has 11 atom stereocenters. The number of hydrogen-bond acceptors (Lipinski definition) is 17. The number of nitrogens with one attached hydrogen (secondary N) is 7. The number of aliphatic carboxylic acids is 1. The summed E-state index contributed by atoms with van der Waals surface area (Å²) in [6, 6.07) is -12.7. The molecule has 0 radical (unpaired) electrons. The lowest BCUT2D eigenvalue weighted by Gasteiger charge is -2.32. The van der Waals surface area contributed by atoms with Crippen LogP contribution in [0.3, 0.4) is 0 Å². The van der Waals surface area contributed by atoms with E-state index in [-0.39, 0.29) is 38.8 Å². The molecule has 2 aliphatic heterocycles. The van der Waals surface area contributed by atoms with Crippen LogP contribution in [0.1, 0.15) is 79.1 Å². The van der Waals surface area contributed by atoms with Gasteiger partial charge in [0.1, 0.15) is 48.3 Å². The van der Waals surface area contributed by atoms with Crippen molar-refractivity contribution >= 4 is 70.9 Å². The second kappa shape index (κ2) is 29.8. The minimum absolute atomic E-state index is 0.0341. The number of nitrogens with zero attached hydrogens (tertiary/aromatic N) is 2. The van der Waals surface area contributed by atoms with Gasteiger partial charge in [0.2, 0.25) is 53.2 Å². The fourth-order valence-electron chi connectivity index (χ4n) is 7.61. The van der Waals surface area contributed by atoms with Crippen molar-refractivity contribution in [1.29, 1.82) is 0 Å². The van der Waals surface area contributed by atoms with Crippen molar-refractivity contribution in [3.8, 4) is 0 Å². The van der Waals surface area contributed by atoms with Crippen LogP contribution in [0.5, 0.6) is 0 Å². The molecule has 0 bridgehead atoms. The fraction of sp³-hybridized carbons (Fsp3) is 0.762. The van der Waals surface area contributed by atoms with Crippen LogP contribution in [0.15, 0.2) is 0 Å². The summed E-state index contributed by atoms with van der Waals surface area (Å²) in [4.78, 5) is 134. The predicted molar refractivity (Wildman–Crippen MR) is 248 cm³/mol. The molecule has 0 spiro atoms. The fourth-order valence-corrected chi connectivity index (χ4v) is 8.08. The summed E-state index contributed by atoms with van der Waals surface area (Å²) >= 11 is 1.37. The Morgan fingerprint density at radius 2 is 1.14 bits per heavy atom. The third-order valence-corrected chi connectivity index (χ3v) is 12.3. The molecule has 0 aromatic rings. The maximum absolute atomic E-state index is 13.9. The summed E-state index contributed by atoms with van der Waals surface area (Å²) in [7, 11) is 0. The molecule has 392 valence electrons. The maximum atomic E-state index is 13.9. The van der Waals surface area contributed by atoms with Gasteiger partial charge in [-0.1, -0.05) is 20.3 Å². The molecule has 16 N–H and O–H groups in total. The van der Waals surface area contributed by atoms with Gasteiger partial charge in [0.25, 0.3) is 0 Å². The highest BCUT2D eigenvalue weighted by Gasteiger charge is 2.43. The number of carbonyl (C=O) groups excluding carboxylic acids is 9. The number of amides is 9. The number of rotatable bonds is 29. The monoisotopic (exact) mass is 1000 g/mol. The summed E-state index contributed by atoms with van der Waals surface area (Å²) in [5, 5.41) is 67.4. The van der Waals surface area contributed by atoms with Crippen molar-refractivity contribution in [2.75, 3.05) is 51.4 Å². The Hall–Kier alpha value is -5.19. The molecule has 0 aliphatic carbocycles. The van der Waals surface area contributed by atoms with Crippen molar-refractivity contribution in [3.05, 3.63) is 0 Å². The summed E-state index contributed by atoms with van der Waals surface area (Å²) in [6.45, 7) is 3.58. The molecule has 0 aromatic heterocycles. The van der Waals surface area contributed by atoms with Crippen LogP contribution in [-0.2, 0) is 47.9 Å². The van der Waals surface area contributed by atoms with Gasteiger partial charge in [-0.3, -0.25) is 43.2 Å². The molecule has 9 amide bonds. The number of carbonyl (C=O) groups is 10. The van der Waals surface area contributed by atoms with Gasteiger partial charge in [0, 0.05) is 13.1 Å². The van der Waals surface area contributed by atoms with Crippen molar-refractivity contribution in [1.82, 2.24) is 47.0 Å². The number of nitrogens with two attached hydrogens (primary N) is 2. The van der Waals surface area contributed by atoms with E-state index in [0.717, 1.165) is 4.90 Å².